The maximum absolute atomic E-state index is 12.5. The van der Waals surface area contributed by atoms with Gasteiger partial charge in [0.05, 0.1) is 61.8 Å². The Morgan fingerprint density at radius 2 is 0.912 bits per heavy atom. The lowest BCUT2D eigenvalue weighted by Crippen LogP contribution is -2.09. The van der Waals surface area contributed by atoms with Gasteiger partial charge in [-0.15, -0.1) is 22.7 Å². The number of thiophene rings is 2. The van der Waals surface area contributed by atoms with Crippen LogP contribution in [0.3, 0.4) is 0 Å². The van der Waals surface area contributed by atoms with Gasteiger partial charge in [-0.05, 0) is 87.0 Å². The fourth-order valence-corrected chi connectivity index (χ4v) is 14.9. The van der Waals surface area contributed by atoms with E-state index < -0.39 is 18.1 Å². The molecule has 12 aromatic carbocycles. The van der Waals surface area contributed by atoms with E-state index >= 15 is 0 Å². The Labute approximate surface area is 475 Å². The SMILES string of the molecule is [2H]c1c([2H])c([2H])c(-c2cc3c4ccccc4sc3c3c2c2ccc4c5ccccc5sc4c2n3-c2c(C#N)c(-c3ccccc3)c([N+]#[C-])c(-n3c4ccc(-c5ccccc5)cc4c4cc(-c5ccccc5)ccc43)c2-c2ccccc2)c([2H])c1[2H]. The summed E-state index contributed by atoms with van der Waals surface area (Å²) in [4.78, 5) is 4.62. The number of rotatable bonds is 7. The molecule has 80 heavy (non-hydrogen) atoms. The third-order valence-electron chi connectivity index (χ3n) is 15.8. The van der Waals surface area contributed by atoms with Gasteiger partial charge in [0, 0.05) is 63.6 Å². The van der Waals surface area contributed by atoms with Crippen molar-refractivity contribution in [3.05, 3.63) is 272 Å². The minimum Gasteiger partial charge on any atom is -0.318 e. The molecule has 4 heterocycles. The third kappa shape index (κ3) is 6.77. The molecule has 0 N–H and O–H groups in total. The summed E-state index contributed by atoms with van der Waals surface area (Å²) in [5.74, 6) is 0. The highest BCUT2D eigenvalue weighted by Gasteiger charge is 2.34. The van der Waals surface area contributed by atoms with E-state index in [9.17, 15) is 14.6 Å². The molecule has 0 saturated heterocycles. The maximum atomic E-state index is 12.5. The quantitative estimate of drug-likeness (QED) is 0.147. The Hall–Kier alpha value is -10.3. The second-order valence-electron chi connectivity index (χ2n) is 20.1. The summed E-state index contributed by atoms with van der Waals surface area (Å²) < 4.78 is 54.7. The van der Waals surface area contributed by atoms with Crippen LogP contribution in [0, 0.1) is 17.9 Å². The minimum atomic E-state index is -0.476. The van der Waals surface area contributed by atoms with Gasteiger partial charge >= 0.3 is 0 Å². The van der Waals surface area contributed by atoms with Gasteiger partial charge in [-0.3, -0.25) is 0 Å². The van der Waals surface area contributed by atoms with Gasteiger partial charge in [-0.2, -0.15) is 5.26 Å². The molecule has 16 rings (SSSR count). The molecular formula is C74H42N4S2. The summed E-state index contributed by atoms with van der Waals surface area (Å²) in [5.41, 5.74) is 12.2. The average Bonchev–Trinajstić information content (AvgIpc) is 2.02. The van der Waals surface area contributed by atoms with E-state index in [2.05, 4.69) is 154 Å². The Kier molecular flexibility index (Phi) is 9.26. The molecule has 16 aromatic rings. The second kappa shape index (κ2) is 18.1. The molecule has 0 aliphatic heterocycles. The van der Waals surface area contributed by atoms with Crippen molar-refractivity contribution in [2.75, 3.05) is 0 Å². The lowest BCUT2D eigenvalue weighted by molar-refractivity contribution is 1.14. The van der Waals surface area contributed by atoms with Crippen LogP contribution in [0.15, 0.2) is 255 Å². The molecule has 0 fully saturated rings. The number of benzene rings is 12. The third-order valence-corrected chi connectivity index (χ3v) is 18.2. The molecule has 0 aliphatic rings. The van der Waals surface area contributed by atoms with Crippen LogP contribution in [-0.4, -0.2) is 9.13 Å². The predicted molar refractivity (Wildman–Crippen MR) is 339 cm³/mol. The minimum absolute atomic E-state index is 0.0801. The van der Waals surface area contributed by atoms with Crippen LogP contribution in [-0.2, 0) is 0 Å². The van der Waals surface area contributed by atoms with E-state index in [4.69, 9.17) is 4.11 Å². The Morgan fingerprint density at radius 3 is 1.48 bits per heavy atom. The van der Waals surface area contributed by atoms with Crippen LogP contribution in [0.1, 0.15) is 12.4 Å². The molecule has 0 bridgehead atoms. The number of fused-ring (bicyclic) bond motifs is 14. The second-order valence-corrected chi connectivity index (χ2v) is 22.2. The molecule has 0 saturated carbocycles. The smallest absolute Gasteiger partial charge is 0.220 e. The summed E-state index contributed by atoms with van der Waals surface area (Å²) in [6.07, 6.45) is 0. The van der Waals surface area contributed by atoms with E-state index in [-0.39, 0.29) is 23.2 Å². The number of hydrogen-bond donors (Lipinski definition) is 0. The number of nitriles is 1. The zero-order chi connectivity index (χ0) is 57.4. The molecule has 0 spiro atoms. The standard InChI is InChI=1S/C74H42N4S2/c1-76-68-65(48-27-13-5-14-28-48)60(44-75)69(66(49-29-15-6-16-30-49)71(68)77-61-39-35-50(45-21-7-2-8-22-45)41-57(61)58-42-51(36-40-62(58)77)46-23-9-3-10-24-46)78-70-55(38-37-54-52-31-17-19-33-63(52)79-73(54)70)67-56(47-25-11-4-12-26-47)43-59-53-32-18-20-34-64(53)80-74(59)72(67)78/h2-43H/i4D,11D,12D,25D,26D. The first-order valence-corrected chi connectivity index (χ1v) is 28.0. The van der Waals surface area contributed by atoms with Crippen molar-refractivity contribution >= 4 is 112 Å². The van der Waals surface area contributed by atoms with Gasteiger partial charge in [0.25, 0.3) is 0 Å². The Bertz CT molecular complexity index is 5490. The van der Waals surface area contributed by atoms with Gasteiger partial charge in [-0.25, -0.2) is 4.85 Å². The van der Waals surface area contributed by atoms with E-state index in [1.165, 1.54) is 0 Å². The molecular weight excluding hydrogens is 1010 g/mol. The van der Waals surface area contributed by atoms with E-state index in [1.54, 1.807) is 22.7 Å². The first-order chi connectivity index (χ1) is 41.7. The first kappa shape index (κ1) is 40.9. The average molecular weight is 1060 g/mol. The topological polar surface area (TPSA) is 38.0 Å². The maximum Gasteiger partial charge on any atom is 0.220 e. The lowest BCUT2D eigenvalue weighted by atomic mass is 9.88. The molecule has 0 aliphatic carbocycles. The van der Waals surface area contributed by atoms with Crippen LogP contribution >= 0.6 is 22.7 Å². The van der Waals surface area contributed by atoms with E-state index in [0.29, 0.717) is 50.2 Å². The summed E-state index contributed by atoms with van der Waals surface area (Å²) in [6.45, 7) is 9.60. The fourth-order valence-electron chi connectivity index (χ4n) is 12.5. The van der Waals surface area contributed by atoms with Crippen molar-refractivity contribution in [2.24, 2.45) is 0 Å². The Morgan fingerprint density at radius 1 is 0.412 bits per heavy atom. The molecule has 0 amide bonds. The van der Waals surface area contributed by atoms with E-state index in [1.807, 2.05) is 91.0 Å². The van der Waals surface area contributed by atoms with Crippen molar-refractivity contribution < 1.29 is 6.85 Å². The highest BCUT2D eigenvalue weighted by Crippen LogP contribution is 2.56. The van der Waals surface area contributed by atoms with Crippen molar-refractivity contribution in [3.63, 3.8) is 0 Å². The lowest BCUT2D eigenvalue weighted by Gasteiger charge is -2.26. The van der Waals surface area contributed by atoms with Gasteiger partial charge < -0.3 is 9.13 Å². The fraction of sp³-hybridized carbons (Fsp3) is 0. The highest BCUT2D eigenvalue weighted by molar-refractivity contribution is 7.27. The Balaban J connectivity index is 1.20. The number of aromatic nitrogens is 2. The number of nitrogens with zero attached hydrogens (tertiary/aromatic N) is 4. The number of hydrogen-bond acceptors (Lipinski definition) is 3. The van der Waals surface area contributed by atoms with Gasteiger partial charge in [0.1, 0.15) is 6.07 Å². The molecule has 6 heteroatoms. The zero-order valence-electron chi connectivity index (χ0n) is 47.5. The van der Waals surface area contributed by atoms with Crippen LogP contribution in [0.25, 0.3) is 156 Å². The van der Waals surface area contributed by atoms with Crippen LogP contribution in [0.5, 0.6) is 0 Å². The molecule has 370 valence electrons. The molecule has 0 radical (unpaired) electrons. The highest BCUT2D eigenvalue weighted by atomic mass is 32.1. The van der Waals surface area contributed by atoms with Crippen LogP contribution in [0.2, 0.25) is 0 Å². The van der Waals surface area contributed by atoms with Gasteiger partial charge in [0.2, 0.25) is 5.69 Å². The van der Waals surface area contributed by atoms with Crippen LogP contribution in [0.4, 0.5) is 5.69 Å². The first-order valence-electron chi connectivity index (χ1n) is 28.8. The van der Waals surface area contributed by atoms with Crippen molar-refractivity contribution in [3.8, 4) is 73.1 Å². The van der Waals surface area contributed by atoms with Crippen molar-refractivity contribution in [1.82, 2.24) is 9.13 Å². The summed E-state index contributed by atoms with van der Waals surface area (Å²) >= 11 is 3.28. The molecule has 4 aromatic heterocycles. The van der Waals surface area contributed by atoms with E-state index in [0.717, 1.165) is 101 Å². The molecule has 0 atom stereocenters. The van der Waals surface area contributed by atoms with Crippen molar-refractivity contribution in [1.29, 1.82) is 5.26 Å². The summed E-state index contributed by atoms with van der Waals surface area (Å²) in [5, 5.41) is 19.8. The van der Waals surface area contributed by atoms with Crippen molar-refractivity contribution in [2.45, 2.75) is 0 Å². The molecule has 0 unspecified atom stereocenters. The largest absolute Gasteiger partial charge is 0.318 e. The van der Waals surface area contributed by atoms with Gasteiger partial charge in [0.15, 0.2) is 0 Å². The molecule has 4 nitrogen and oxygen atoms in total. The zero-order valence-corrected chi connectivity index (χ0v) is 44.1. The van der Waals surface area contributed by atoms with Crippen LogP contribution < -0.4 is 0 Å². The summed E-state index contributed by atoms with van der Waals surface area (Å²) in [7, 11) is 0. The monoisotopic (exact) mass is 1060 g/mol. The predicted octanol–water partition coefficient (Wildman–Crippen LogP) is 21.4. The van der Waals surface area contributed by atoms with Gasteiger partial charge in [-0.1, -0.05) is 212 Å². The normalized spacial score (nSPS) is 12.6. The summed E-state index contributed by atoms with van der Waals surface area (Å²) in [6, 6.07) is 77.4.